The highest BCUT2D eigenvalue weighted by molar-refractivity contribution is 5.84. The Morgan fingerprint density at radius 3 is 2.67 bits per heavy atom. The lowest BCUT2D eigenvalue weighted by molar-refractivity contribution is -0.145. The molecule has 0 saturated carbocycles. The molecule has 2 unspecified atom stereocenters. The lowest BCUT2D eigenvalue weighted by atomic mass is 10.0. The predicted molar refractivity (Wildman–Crippen MR) is 69.0 cm³/mol. The molecule has 0 aliphatic carbocycles. The van der Waals surface area contributed by atoms with Gasteiger partial charge in [0.2, 0.25) is 5.91 Å². The summed E-state index contributed by atoms with van der Waals surface area (Å²) in [6.07, 6.45) is 2.13. The Hall–Kier alpha value is -1.10. The van der Waals surface area contributed by atoms with E-state index in [2.05, 4.69) is 10.6 Å². The van der Waals surface area contributed by atoms with Crippen LogP contribution < -0.4 is 10.6 Å². The normalized spacial score (nSPS) is 20.8. The number of amides is 1. The van der Waals surface area contributed by atoms with Gasteiger partial charge in [0.25, 0.3) is 0 Å². The van der Waals surface area contributed by atoms with Gasteiger partial charge in [-0.25, -0.2) is 4.79 Å². The van der Waals surface area contributed by atoms with Crippen molar-refractivity contribution in [3.05, 3.63) is 0 Å². The minimum absolute atomic E-state index is 0.0558. The maximum Gasteiger partial charge on any atom is 0.328 e. The maximum absolute atomic E-state index is 11.9. The molecule has 1 saturated heterocycles. The number of hydrogen-bond donors (Lipinski definition) is 2. The van der Waals surface area contributed by atoms with Crippen LogP contribution in [-0.4, -0.2) is 38.1 Å². The molecular weight excluding hydrogens is 232 g/mol. The summed E-state index contributed by atoms with van der Waals surface area (Å²) in [6, 6.07) is -0.517. The number of hydrogen-bond acceptors (Lipinski definition) is 4. The Labute approximate surface area is 109 Å². The first kappa shape index (κ1) is 15.0. The van der Waals surface area contributed by atoms with E-state index >= 15 is 0 Å². The summed E-state index contributed by atoms with van der Waals surface area (Å²) in [6.45, 7) is 5.90. The first-order chi connectivity index (χ1) is 8.52. The molecule has 0 aromatic carbocycles. The van der Waals surface area contributed by atoms with E-state index in [0.29, 0.717) is 24.7 Å². The number of carbonyl (C=O) groups excluding carboxylic acids is 2. The van der Waals surface area contributed by atoms with Gasteiger partial charge in [-0.15, -0.1) is 0 Å². The van der Waals surface area contributed by atoms with Crippen molar-refractivity contribution in [3.8, 4) is 0 Å². The number of ether oxygens (including phenoxy) is 1. The molecule has 1 fully saturated rings. The molecule has 18 heavy (non-hydrogen) atoms. The van der Waals surface area contributed by atoms with Gasteiger partial charge in [0.15, 0.2) is 0 Å². The van der Waals surface area contributed by atoms with Crippen molar-refractivity contribution in [1.29, 1.82) is 0 Å². The third-order valence-electron chi connectivity index (χ3n) is 3.16. The van der Waals surface area contributed by atoms with Gasteiger partial charge in [-0.05, 0) is 37.8 Å². The van der Waals surface area contributed by atoms with Crippen LogP contribution in [0.25, 0.3) is 0 Å². The van der Waals surface area contributed by atoms with Gasteiger partial charge < -0.3 is 15.4 Å². The Morgan fingerprint density at radius 1 is 1.44 bits per heavy atom. The Bertz CT molecular complexity index is 286. The largest absolute Gasteiger partial charge is 0.467 e. The van der Waals surface area contributed by atoms with E-state index < -0.39 is 6.04 Å². The lowest BCUT2D eigenvalue weighted by Gasteiger charge is -2.19. The molecule has 5 nitrogen and oxygen atoms in total. The van der Waals surface area contributed by atoms with E-state index in [1.165, 1.54) is 7.11 Å². The van der Waals surface area contributed by atoms with Gasteiger partial charge in [0, 0.05) is 6.42 Å². The summed E-state index contributed by atoms with van der Waals surface area (Å²) >= 11 is 0. The topological polar surface area (TPSA) is 67.4 Å². The van der Waals surface area contributed by atoms with E-state index in [9.17, 15) is 9.59 Å². The number of methoxy groups -OCH3 is 1. The molecule has 0 spiro atoms. The summed E-state index contributed by atoms with van der Waals surface area (Å²) in [5.74, 6) is 0.311. The molecule has 1 heterocycles. The van der Waals surface area contributed by atoms with Crippen LogP contribution in [0.2, 0.25) is 0 Å². The summed E-state index contributed by atoms with van der Waals surface area (Å²) in [5.41, 5.74) is 0. The third-order valence-corrected chi connectivity index (χ3v) is 3.16. The van der Waals surface area contributed by atoms with Gasteiger partial charge in [-0.2, -0.15) is 0 Å². The molecule has 1 aliphatic rings. The van der Waals surface area contributed by atoms with Crippen molar-refractivity contribution in [2.45, 2.75) is 39.2 Å². The third kappa shape index (κ3) is 5.04. The maximum atomic E-state index is 11.9. The molecule has 5 heteroatoms. The van der Waals surface area contributed by atoms with Gasteiger partial charge >= 0.3 is 5.97 Å². The van der Waals surface area contributed by atoms with Crippen LogP contribution in [0, 0.1) is 11.8 Å². The molecule has 2 N–H and O–H groups in total. The minimum atomic E-state index is -0.517. The van der Waals surface area contributed by atoms with E-state index in [-0.39, 0.29) is 11.9 Å². The Morgan fingerprint density at radius 2 is 2.17 bits per heavy atom. The second kappa shape index (κ2) is 7.36. The van der Waals surface area contributed by atoms with Gasteiger partial charge in [-0.1, -0.05) is 13.8 Å². The van der Waals surface area contributed by atoms with Crippen molar-refractivity contribution in [2.75, 3.05) is 20.2 Å². The predicted octanol–water partition coefficient (Wildman–Crippen LogP) is 0.690. The first-order valence-electron chi connectivity index (χ1n) is 6.60. The fourth-order valence-electron chi connectivity index (χ4n) is 2.23. The van der Waals surface area contributed by atoms with Crippen LogP contribution in [0.15, 0.2) is 0 Å². The van der Waals surface area contributed by atoms with Crippen LogP contribution in [0.1, 0.15) is 33.1 Å². The fraction of sp³-hybridized carbons (Fsp3) is 0.846. The number of rotatable bonds is 6. The Kier molecular flexibility index (Phi) is 6.12. The second-order valence-corrected chi connectivity index (χ2v) is 5.34. The molecular formula is C13H24N2O3. The van der Waals surface area contributed by atoms with Gasteiger partial charge in [0.05, 0.1) is 7.11 Å². The van der Waals surface area contributed by atoms with Crippen LogP contribution in [-0.2, 0) is 14.3 Å². The van der Waals surface area contributed by atoms with Crippen molar-refractivity contribution < 1.29 is 14.3 Å². The quantitative estimate of drug-likeness (QED) is 0.686. The molecule has 0 bridgehead atoms. The average Bonchev–Trinajstić information content (AvgIpc) is 2.79. The van der Waals surface area contributed by atoms with Crippen molar-refractivity contribution in [2.24, 2.45) is 11.8 Å². The molecule has 104 valence electrons. The summed E-state index contributed by atoms with van der Waals surface area (Å²) in [4.78, 5) is 23.4. The van der Waals surface area contributed by atoms with Crippen LogP contribution in [0.5, 0.6) is 0 Å². The fourth-order valence-corrected chi connectivity index (χ4v) is 2.23. The molecule has 0 aromatic heterocycles. The average molecular weight is 256 g/mol. The standard InChI is InChI=1S/C13H24N2O3/c1-9(2)6-11(13(17)18-3)15-12(16)7-10-4-5-14-8-10/h9-11,14H,4-8H2,1-3H3,(H,15,16). The number of esters is 1. The molecule has 0 aromatic rings. The SMILES string of the molecule is COC(=O)C(CC(C)C)NC(=O)CC1CCNC1. The zero-order valence-electron chi connectivity index (χ0n) is 11.5. The monoisotopic (exact) mass is 256 g/mol. The van der Waals surface area contributed by atoms with Gasteiger partial charge in [0.1, 0.15) is 6.04 Å². The van der Waals surface area contributed by atoms with Crippen molar-refractivity contribution >= 4 is 11.9 Å². The Balaban J connectivity index is 2.42. The number of nitrogens with one attached hydrogen (secondary N) is 2. The molecule has 0 radical (unpaired) electrons. The van der Waals surface area contributed by atoms with Crippen molar-refractivity contribution in [1.82, 2.24) is 10.6 Å². The zero-order valence-corrected chi connectivity index (χ0v) is 11.5. The van der Waals surface area contributed by atoms with E-state index in [1.807, 2.05) is 13.8 Å². The van der Waals surface area contributed by atoms with E-state index in [4.69, 9.17) is 4.74 Å². The highest BCUT2D eigenvalue weighted by atomic mass is 16.5. The van der Waals surface area contributed by atoms with E-state index in [1.54, 1.807) is 0 Å². The smallest absolute Gasteiger partial charge is 0.328 e. The zero-order chi connectivity index (χ0) is 13.5. The van der Waals surface area contributed by atoms with Crippen LogP contribution >= 0.6 is 0 Å². The highest BCUT2D eigenvalue weighted by Crippen LogP contribution is 2.13. The first-order valence-corrected chi connectivity index (χ1v) is 6.60. The highest BCUT2D eigenvalue weighted by Gasteiger charge is 2.24. The lowest BCUT2D eigenvalue weighted by Crippen LogP contribution is -2.43. The van der Waals surface area contributed by atoms with Crippen LogP contribution in [0.4, 0.5) is 0 Å². The minimum Gasteiger partial charge on any atom is -0.467 e. The molecule has 1 amide bonds. The van der Waals surface area contributed by atoms with E-state index in [0.717, 1.165) is 19.5 Å². The van der Waals surface area contributed by atoms with Crippen molar-refractivity contribution in [3.63, 3.8) is 0 Å². The van der Waals surface area contributed by atoms with Gasteiger partial charge in [-0.3, -0.25) is 4.79 Å². The summed E-state index contributed by atoms with van der Waals surface area (Å²) in [5, 5.41) is 6.01. The molecule has 1 aliphatic heterocycles. The molecule has 2 atom stereocenters. The molecule has 1 rings (SSSR count). The summed E-state index contributed by atoms with van der Waals surface area (Å²) < 4.78 is 4.72. The second-order valence-electron chi connectivity index (χ2n) is 5.34. The summed E-state index contributed by atoms with van der Waals surface area (Å²) in [7, 11) is 1.35. The van der Waals surface area contributed by atoms with Crippen LogP contribution in [0.3, 0.4) is 0 Å². The number of carbonyl (C=O) groups is 2.